The van der Waals surface area contributed by atoms with Gasteiger partial charge >= 0.3 is 0 Å². The van der Waals surface area contributed by atoms with Crippen LogP contribution in [0.2, 0.25) is 10.0 Å². The zero-order valence-electron chi connectivity index (χ0n) is 18.4. The smallest absolute Gasteiger partial charge is 0.295 e. The number of Topliss-reactive ketones (excluding diaryl/α,β-unsaturated/α-hetero) is 1. The van der Waals surface area contributed by atoms with Crippen LogP contribution < -0.4 is 9.47 Å². The van der Waals surface area contributed by atoms with Crippen LogP contribution in [0.15, 0.2) is 72.3 Å². The van der Waals surface area contributed by atoms with Gasteiger partial charge in [0.2, 0.25) is 0 Å². The summed E-state index contributed by atoms with van der Waals surface area (Å²) in [6.45, 7) is 0.0956. The maximum Gasteiger partial charge on any atom is 0.295 e. The van der Waals surface area contributed by atoms with Crippen LogP contribution in [0.5, 0.6) is 11.5 Å². The zero-order chi connectivity index (χ0) is 24.4. The third-order valence-corrected chi connectivity index (χ3v) is 6.16. The predicted octanol–water partition coefficient (Wildman–Crippen LogP) is 5.63. The second kappa shape index (κ2) is 9.79. The van der Waals surface area contributed by atoms with Gasteiger partial charge in [-0.05, 0) is 23.8 Å². The van der Waals surface area contributed by atoms with E-state index in [0.717, 1.165) is 5.56 Å². The summed E-state index contributed by atoms with van der Waals surface area (Å²) in [6.07, 6.45) is 0. The number of para-hydroxylation sites is 1. The summed E-state index contributed by atoms with van der Waals surface area (Å²) < 4.78 is 10.8. The number of ether oxygens (including phenoxy) is 2. The molecule has 34 heavy (non-hydrogen) atoms. The maximum atomic E-state index is 13.3. The van der Waals surface area contributed by atoms with Crippen molar-refractivity contribution in [1.29, 1.82) is 0 Å². The number of carbonyl (C=O) groups is 2. The number of benzene rings is 3. The van der Waals surface area contributed by atoms with Crippen molar-refractivity contribution in [3.63, 3.8) is 0 Å². The Balaban J connectivity index is 1.92. The number of methoxy groups -OCH3 is 2. The summed E-state index contributed by atoms with van der Waals surface area (Å²) in [5.74, 6) is -1.26. The Kier molecular flexibility index (Phi) is 6.82. The molecular formula is C26H21Cl2NO5. The van der Waals surface area contributed by atoms with Gasteiger partial charge in [0.25, 0.3) is 11.7 Å². The van der Waals surface area contributed by atoms with Gasteiger partial charge in [-0.1, -0.05) is 71.7 Å². The van der Waals surface area contributed by atoms with Crippen LogP contribution in [0.25, 0.3) is 5.76 Å². The number of hydrogen-bond donors (Lipinski definition) is 1. The first-order chi connectivity index (χ1) is 16.4. The lowest BCUT2D eigenvalue weighted by Crippen LogP contribution is -2.29. The highest BCUT2D eigenvalue weighted by atomic mass is 35.5. The molecule has 0 saturated carbocycles. The van der Waals surface area contributed by atoms with Gasteiger partial charge in [0.05, 0.1) is 43.0 Å². The Morgan fingerprint density at radius 1 is 0.971 bits per heavy atom. The lowest BCUT2D eigenvalue weighted by Gasteiger charge is -2.26. The first-order valence-corrected chi connectivity index (χ1v) is 11.1. The Morgan fingerprint density at radius 3 is 2.32 bits per heavy atom. The van der Waals surface area contributed by atoms with Gasteiger partial charge in [-0.3, -0.25) is 9.59 Å². The molecule has 174 valence electrons. The highest BCUT2D eigenvalue weighted by Gasteiger charge is 2.46. The van der Waals surface area contributed by atoms with E-state index < -0.39 is 23.5 Å². The molecule has 0 spiro atoms. The molecule has 0 aromatic heterocycles. The van der Waals surface area contributed by atoms with Crippen molar-refractivity contribution in [2.24, 2.45) is 0 Å². The van der Waals surface area contributed by atoms with Crippen LogP contribution >= 0.6 is 23.2 Å². The van der Waals surface area contributed by atoms with Crippen LogP contribution in [0.3, 0.4) is 0 Å². The van der Waals surface area contributed by atoms with Gasteiger partial charge in [0, 0.05) is 10.6 Å². The third-order valence-electron chi connectivity index (χ3n) is 5.66. The molecule has 0 radical (unpaired) electrons. The SMILES string of the molecule is COc1ccccc1CN1C(=O)C(=O)/C(=C(/O)c2cc(Cl)cc(Cl)c2OC)C1c1ccccc1. The fraction of sp³-hybridized carbons (Fsp3) is 0.154. The number of amides is 1. The quantitative estimate of drug-likeness (QED) is 0.271. The van der Waals surface area contributed by atoms with E-state index >= 15 is 0 Å². The highest BCUT2D eigenvalue weighted by molar-refractivity contribution is 6.46. The van der Waals surface area contributed by atoms with E-state index in [1.807, 2.05) is 24.3 Å². The second-order valence-electron chi connectivity index (χ2n) is 7.62. The van der Waals surface area contributed by atoms with Crippen molar-refractivity contribution < 1.29 is 24.2 Å². The lowest BCUT2D eigenvalue weighted by molar-refractivity contribution is -0.140. The summed E-state index contributed by atoms with van der Waals surface area (Å²) >= 11 is 12.4. The molecule has 0 aliphatic carbocycles. The van der Waals surface area contributed by atoms with Crippen LogP contribution in [-0.4, -0.2) is 35.9 Å². The molecule has 3 aromatic rings. The minimum absolute atomic E-state index is 0.0808. The molecule has 8 heteroatoms. The number of ketones is 1. The van der Waals surface area contributed by atoms with Gasteiger partial charge in [-0.15, -0.1) is 0 Å². The maximum absolute atomic E-state index is 13.3. The van der Waals surface area contributed by atoms with Gasteiger partial charge in [-0.2, -0.15) is 0 Å². The third kappa shape index (κ3) is 4.22. The molecule has 3 aromatic carbocycles. The molecule has 1 atom stereocenters. The van der Waals surface area contributed by atoms with E-state index in [4.69, 9.17) is 32.7 Å². The van der Waals surface area contributed by atoms with Crippen LogP contribution in [0.1, 0.15) is 22.7 Å². The highest BCUT2D eigenvalue weighted by Crippen LogP contribution is 2.44. The number of halogens is 2. The first kappa shape index (κ1) is 23.7. The molecule has 1 fully saturated rings. The molecule has 1 aliphatic heterocycles. The van der Waals surface area contributed by atoms with E-state index in [1.54, 1.807) is 30.3 Å². The molecule has 1 N–H and O–H groups in total. The van der Waals surface area contributed by atoms with E-state index in [1.165, 1.54) is 31.3 Å². The monoisotopic (exact) mass is 497 g/mol. The molecule has 1 saturated heterocycles. The van der Waals surface area contributed by atoms with Crippen LogP contribution in [0, 0.1) is 0 Å². The topological polar surface area (TPSA) is 76.1 Å². The number of carbonyl (C=O) groups excluding carboxylic acids is 2. The molecule has 0 bridgehead atoms. The number of aliphatic hydroxyl groups excluding tert-OH is 1. The fourth-order valence-electron chi connectivity index (χ4n) is 4.13. The molecule has 1 unspecified atom stereocenters. The minimum atomic E-state index is -0.853. The van der Waals surface area contributed by atoms with Crippen molar-refractivity contribution >= 4 is 40.7 Å². The standard InChI is InChI=1S/C26H21Cl2NO5/c1-33-20-11-7-6-10-16(20)14-29-22(15-8-4-3-5-9-15)21(24(31)26(29)32)23(30)18-12-17(27)13-19(28)25(18)34-2/h3-13,22,30H,14H2,1-2H3/b23-21+. The van der Waals surface area contributed by atoms with Gasteiger partial charge < -0.3 is 19.5 Å². The van der Waals surface area contributed by atoms with Crippen molar-refractivity contribution in [3.8, 4) is 11.5 Å². The Bertz CT molecular complexity index is 1290. The Labute approximate surface area is 206 Å². The minimum Gasteiger partial charge on any atom is -0.507 e. The molecule has 6 nitrogen and oxygen atoms in total. The zero-order valence-corrected chi connectivity index (χ0v) is 19.9. The number of likely N-dealkylation sites (tertiary alicyclic amines) is 1. The largest absolute Gasteiger partial charge is 0.507 e. The number of aliphatic hydroxyl groups is 1. The van der Waals surface area contributed by atoms with Crippen molar-refractivity contribution in [2.45, 2.75) is 12.6 Å². The lowest BCUT2D eigenvalue weighted by atomic mass is 9.95. The first-order valence-electron chi connectivity index (χ1n) is 10.4. The van der Waals surface area contributed by atoms with Gasteiger partial charge in [-0.25, -0.2) is 0 Å². The van der Waals surface area contributed by atoms with E-state index in [0.29, 0.717) is 11.3 Å². The predicted molar refractivity (Wildman–Crippen MR) is 130 cm³/mol. The van der Waals surface area contributed by atoms with Gasteiger partial charge in [0.15, 0.2) is 0 Å². The summed E-state index contributed by atoms with van der Waals surface area (Å²) in [7, 11) is 2.93. The van der Waals surface area contributed by atoms with Crippen molar-refractivity contribution in [3.05, 3.63) is 99.0 Å². The summed E-state index contributed by atoms with van der Waals surface area (Å²) in [5, 5.41) is 11.7. The number of rotatable bonds is 6. The van der Waals surface area contributed by atoms with E-state index in [-0.39, 0.29) is 33.5 Å². The average Bonchev–Trinajstić information content (AvgIpc) is 3.09. The summed E-state index contributed by atoms with van der Waals surface area (Å²) in [4.78, 5) is 27.9. The normalized spacial score (nSPS) is 17.2. The van der Waals surface area contributed by atoms with Crippen LogP contribution in [0.4, 0.5) is 0 Å². The number of nitrogens with zero attached hydrogens (tertiary/aromatic N) is 1. The molecule has 1 amide bonds. The number of hydrogen-bond acceptors (Lipinski definition) is 5. The fourth-order valence-corrected chi connectivity index (χ4v) is 4.70. The summed E-state index contributed by atoms with van der Waals surface area (Å²) in [6, 6.07) is 18.3. The Hall–Kier alpha value is -3.48. The molecular weight excluding hydrogens is 477 g/mol. The van der Waals surface area contributed by atoms with Crippen molar-refractivity contribution in [1.82, 2.24) is 4.90 Å². The van der Waals surface area contributed by atoms with E-state index in [9.17, 15) is 14.7 Å². The average molecular weight is 498 g/mol. The Morgan fingerprint density at radius 2 is 1.65 bits per heavy atom. The molecule has 1 heterocycles. The van der Waals surface area contributed by atoms with Crippen LogP contribution in [-0.2, 0) is 16.1 Å². The second-order valence-corrected chi connectivity index (χ2v) is 8.46. The van der Waals surface area contributed by atoms with E-state index in [2.05, 4.69) is 0 Å². The molecule has 4 rings (SSSR count). The summed E-state index contributed by atoms with van der Waals surface area (Å²) in [5.41, 5.74) is 1.42. The van der Waals surface area contributed by atoms with Crippen molar-refractivity contribution in [2.75, 3.05) is 14.2 Å². The molecule has 1 aliphatic rings. The van der Waals surface area contributed by atoms with Gasteiger partial charge in [0.1, 0.15) is 17.3 Å².